The average molecular weight is 414 g/mol. The van der Waals surface area contributed by atoms with E-state index in [0.29, 0.717) is 6.04 Å². The molecule has 0 aliphatic heterocycles. The van der Waals surface area contributed by atoms with Crippen molar-refractivity contribution in [3.8, 4) is 0 Å². The summed E-state index contributed by atoms with van der Waals surface area (Å²) in [6, 6.07) is 26.9. The molecule has 0 amide bonds. The highest BCUT2D eigenvalue weighted by Gasteiger charge is 2.24. The molecule has 3 aromatic carbocycles. The quantitative estimate of drug-likeness (QED) is 0.488. The Balaban J connectivity index is 1.37. The molecule has 0 aromatic heterocycles. The SMILES string of the molecule is Clc1ccc(CNC2CCC(=C3c4ccccc4CCc4ccccc43)CC2)cc1. The number of allylic oxidation sites excluding steroid dienone is 1. The van der Waals surface area contributed by atoms with Crippen LogP contribution in [0.15, 0.2) is 78.4 Å². The molecular formula is C28H28ClN. The summed E-state index contributed by atoms with van der Waals surface area (Å²) in [7, 11) is 0. The Labute approximate surface area is 184 Å². The summed E-state index contributed by atoms with van der Waals surface area (Å²) in [5.41, 5.74) is 10.4. The number of aryl methyl sites for hydroxylation is 2. The van der Waals surface area contributed by atoms with Crippen LogP contribution in [0.25, 0.3) is 5.57 Å². The van der Waals surface area contributed by atoms with Crippen molar-refractivity contribution < 1.29 is 0 Å². The van der Waals surface area contributed by atoms with Gasteiger partial charge in [0.15, 0.2) is 0 Å². The summed E-state index contributed by atoms with van der Waals surface area (Å²) in [6.07, 6.45) is 7.03. The zero-order valence-electron chi connectivity index (χ0n) is 17.3. The van der Waals surface area contributed by atoms with E-state index in [1.54, 1.807) is 5.57 Å². The highest BCUT2D eigenvalue weighted by atomic mass is 35.5. The number of rotatable bonds is 3. The van der Waals surface area contributed by atoms with Gasteiger partial charge in [-0.15, -0.1) is 0 Å². The predicted molar refractivity (Wildman–Crippen MR) is 127 cm³/mol. The van der Waals surface area contributed by atoms with Gasteiger partial charge < -0.3 is 5.32 Å². The van der Waals surface area contributed by atoms with Gasteiger partial charge in [0.25, 0.3) is 0 Å². The Hall–Kier alpha value is -2.35. The van der Waals surface area contributed by atoms with Crippen LogP contribution >= 0.6 is 11.6 Å². The number of hydrogen-bond acceptors (Lipinski definition) is 1. The second-order valence-electron chi connectivity index (χ2n) is 8.57. The van der Waals surface area contributed by atoms with E-state index in [-0.39, 0.29) is 0 Å². The molecule has 1 fully saturated rings. The summed E-state index contributed by atoms with van der Waals surface area (Å²) in [5, 5.41) is 4.57. The topological polar surface area (TPSA) is 12.0 Å². The van der Waals surface area contributed by atoms with E-state index >= 15 is 0 Å². The third kappa shape index (κ3) is 4.10. The second kappa shape index (κ2) is 8.79. The number of fused-ring (bicyclic) bond motifs is 2. The highest BCUT2D eigenvalue weighted by Crippen LogP contribution is 2.40. The molecule has 0 radical (unpaired) electrons. The molecule has 0 spiro atoms. The molecule has 5 rings (SSSR count). The lowest BCUT2D eigenvalue weighted by Gasteiger charge is -2.28. The maximum atomic E-state index is 6.01. The zero-order chi connectivity index (χ0) is 20.3. The number of halogens is 1. The fourth-order valence-electron chi connectivity index (χ4n) is 5.04. The third-order valence-corrected chi connectivity index (χ3v) is 6.94. The molecule has 152 valence electrons. The first kappa shape index (κ1) is 19.6. The summed E-state index contributed by atoms with van der Waals surface area (Å²) in [4.78, 5) is 0. The van der Waals surface area contributed by atoms with E-state index < -0.39 is 0 Å². The first-order chi connectivity index (χ1) is 14.8. The molecule has 1 nitrogen and oxygen atoms in total. The maximum absolute atomic E-state index is 6.01. The Morgan fingerprint density at radius 2 is 1.27 bits per heavy atom. The van der Waals surface area contributed by atoms with Crippen LogP contribution in [0.1, 0.15) is 53.5 Å². The van der Waals surface area contributed by atoms with Gasteiger partial charge in [0.2, 0.25) is 0 Å². The summed E-state index contributed by atoms with van der Waals surface area (Å²) in [5.74, 6) is 0. The summed E-state index contributed by atoms with van der Waals surface area (Å²) in [6.45, 7) is 0.916. The normalized spacial score (nSPS) is 18.5. The molecule has 0 saturated heterocycles. The van der Waals surface area contributed by atoms with Gasteiger partial charge in [0, 0.05) is 17.6 Å². The van der Waals surface area contributed by atoms with E-state index in [4.69, 9.17) is 11.6 Å². The standard InChI is InChI=1S/C28H28ClN/c29-24-15-9-20(10-16-24)19-30-25-17-13-23(14-18-25)28-26-7-3-1-5-21(26)11-12-22-6-2-4-8-27(22)28/h1-10,15-16,25,30H,11-14,17-19H2. The van der Waals surface area contributed by atoms with Crippen LogP contribution < -0.4 is 5.32 Å². The lowest BCUT2D eigenvalue weighted by molar-refractivity contribution is 0.418. The maximum Gasteiger partial charge on any atom is 0.0406 e. The smallest absolute Gasteiger partial charge is 0.0406 e. The molecule has 30 heavy (non-hydrogen) atoms. The molecule has 0 unspecified atom stereocenters. The Morgan fingerprint density at radius 1 is 0.700 bits per heavy atom. The van der Waals surface area contributed by atoms with Crippen molar-refractivity contribution in [3.63, 3.8) is 0 Å². The largest absolute Gasteiger partial charge is 0.310 e. The van der Waals surface area contributed by atoms with Gasteiger partial charge in [0.1, 0.15) is 0 Å². The van der Waals surface area contributed by atoms with Crippen LogP contribution in [0, 0.1) is 0 Å². The molecule has 3 aromatic rings. The van der Waals surface area contributed by atoms with E-state index in [2.05, 4.69) is 66.0 Å². The monoisotopic (exact) mass is 413 g/mol. The van der Waals surface area contributed by atoms with E-state index in [0.717, 1.165) is 24.4 Å². The predicted octanol–water partition coefficient (Wildman–Crippen LogP) is 6.97. The lowest BCUT2D eigenvalue weighted by atomic mass is 9.82. The van der Waals surface area contributed by atoms with Gasteiger partial charge in [-0.25, -0.2) is 0 Å². The van der Waals surface area contributed by atoms with Crippen molar-refractivity contribution in [1.29, 1.82) is 0 Å². The zero-order valence-corrected chi connectivity index (χ0v) is 18.1. The van der Waals surface area contributed by atoms with Crippen molar-refractivity contribution in [2.24, 2.45) is 0 Å². The average Bonchev–Trinajstić information content (AvgIpc) is 2.96. The van der Waals surface area contributed by atoms with E-state index in [1.165, 1.54) is 59.1 Å². The Bertz CT molecular complexity index is 1000. The molecule has 2 aliphatic carbocycles. The first-order valence-electron chi connectivity index (χ1n) is 11.1. The molecular weight excluding hydrogens is 386 g/mol. The molecule has 0 heterocycles. The van der Waals surface area contributed by atoms with Crippen molar-refractivity contribution in [1.82, 2.24) is 5.32 Å². The molecule has 1 saturated carbocycles. The molecule has 1 N–H and O–H groups in total. The fourth-order valence-corrected chi connectivity index (χ4v) is 5.17. The van der Waals surface area contributed by atoms with Crippen molar-refractivity contribution >= 4 is 17.2 Å². The van der Waals surface area contributed by atoms with Crippen molar-refractivity contribution in [2.75, 3.05) is 0 Å². The third-order valence-electron chi connectivity index (χ3n) is 6.69. The van der Waals surface area contributed by atoms with Crippen LogP contribution in [-0.4, -0.2) is 6.04 Å². The molecule has 0 bridgehead atoms. The van der Waals surface area contributed by atoms with Crippen molar-refractivity contribution in [2.45, 2.75) is 51.1 Å². The van der Waals surface area contributed by atoms with Crippen LogP contribution in [0.3, 0.4) is 0 Å². The van der Waals surface area contributed by atoms with Crippen LogP contribution in [0.5, 0.6) is 0 Å². The molecule has 2 aliphatic rings. The minimum atomic E-state index is 0.585. The summed E-state index contributed by atoms with van der Waals surface area (Å²) >= 11 is 6.01. The molecule has 0 atom stereocenters. The van der Waals surface area contributed by atoms with Crippen molar-refractivity contribution in [3.05, 3.63) is 111 Å². The van der Waals surface area contributed by atoms with Gasteiger partial charge >= 0.3 is 0 Å². The minimum absolute atomic E-state index is 0.585. The number of hydrogen-bond donors (Lipinski definition) is 1. The number of benzene rings is 3. The fraction of sp³-hybridized carbons (Fsp3) is 0.286. The lowest BCUT2D eigenvalue weighted by Crippen LogP contribution is -2.31. The molecule has 2 heteroatoms. The second-order valence-corrected chi connectivity index (χ2v) is 9.01. The van der Waals surface area contributed by atoms with Crippen LogP contribution in [0.4, 0.5) is 0 Å². The van der Waals surface area contributed by atoms with Gasteiger partial charge in [-0.2, -0.15) is 0 Å². The first-order valence-corrected chi connectivity index (χ1v) is 11.5. The summed E-state index contributed by atoms with van der Waals surface area (Å²) < 4.78 is 0. The van der Waals surface area contributed by atoms with E-state index in [9.17, 15) is 0 Å². The minimum Gasteiger partial charge on any atom is -0.310 e. The van der Waals surface area contributed by atoms with Gasteiger partial charge in [0.05, 0.1) is 0 Å². The van der Waals surface area contributed by atoms with Crippen LogP contribution in [-0.2, 0) is 19.4 Å². The van der Waals surface area contributed by atoms with Gasteiger partial charge in [-0.05, 0) is 84.0 Å². The highest BCUT2D eigenvalue weighted by molar-refractivity contribution is 6.30. The Morgan fingerprint density at radius 3 is 1.87 bits per heavy atom. The number of nitrogens with one attached hydrogen (secondary N) is 1. The van der Waals surface area contributed by atoms with E-state index in [1.807, 2.05) is 12.1 Å². The van der Waals surface area contributed by atoms with Crippen LogP contribution in [0.2, 0.25) is 5.02 Å². The van der Waals surface area contributed by atoms with Gasteiger partial charge in [-0.3, -0.25) is 0 Å². The Kier molecular flexibility index (Phi) is 5.75. The van der Waals surface area contributed by atoms with Gasteiger partial charge in [-0.1, -0.05) is 77.8 Å².